The molecule has 0 spiro atoms. The summed E-state index contributed by atoms with van der Waals surface area (Å²) in [6, 6.07) is 118. The van der Waals surface area contributed by atoms with Gasteiger partial charge in [0.1, 0.15) is 0 Å². The second-order valence-corrected chi connectivity index (χ2v) is 34.5. The predicted molar refractivity (Wildman–Crippen MR) is 515 cm³/mol. The molecular weight excluding hydrogens is 1590 g/mol. The molecule has 6 aromatic heterocycles. The van der Waals surface area contributed by atoms with Crippen LogP contribution in [0.25, 0.3) is 200 Å². The fourth-order valence-corrected chi connectivity index (χ4v) is 20.1. The minimum atomic E-state index is -4.82. The molecule has 0 fully saturated rings. The van der Waals surface area contributed by atoms with Crippen molar-refractivity contribution in [3.05, 3.63) is 419 Å². The highest BCUT2D eigenvalue weighted by molar-refractivity contribution is 6.16. The first-order chi connectivity index (χ1) is 62.0. The molecule has 0 bridgehead atoms. The van der Waals surface area contributed by atoms with Gasteiger partial charge in [0.15, 0.2) is 0 Å². The number of hydrogen-bond donors (Lipinski definition) is 0. The molecule has 22 aromatic rings. The highest BCUT2D eigenvalue weighted by Gasteiger charge is 2.38. The van der Waals surface area contributed by atoms with Gasteiger partial charge >= 0.3 is 12.4 Å². The summed E-state index contributed by atoms with van der Waals surface area (Å²) >= 11 is 0. The Hall–Kier alpha value is -15.4. The van der Waals surface area contributed by atoms with Crippen LogP contribution < -0.4 is 0 Å². The highest BCUT2D eigenvalue weighted by atomic mass is 19.4. The van der Waals surface area contributed by atoms with Gasteiger partial charge in [-0.05, 0) is 226 Å². The Balaban J connectivity index is 0.737. The Morgan fingerprint density at radius 1 is 0.203 bits per heavy atom. The van der Waals surface area contributed by atoms with Crippen LogP contribution in [0.3, 0.4) is 0 Å². The number of aryl methyl sites for hydroxylation is 7. The van der Waals surface area contributed by atoms with Crippen molar-refractivity contribution in [1.82, 2.24) is 28.2 Å². The van der Waals surface area contributed by atoms with E-state index in [9.17, 15) is 0 Å². The Kier molecular flexibility index (Phi) is 18.7. The van der Waals surface area contributed by atoms with Crippen LogP contribution in [0, 0.1) is 48.5 Å². The molecule has 12 heteroatoms. The minimum Gasteiger partial charge on any atom is -0.308 e. The number of benzene rings is 16. The molecule has 0 atom stereocenters. The summed E-state index contributed by atoms with van der Waals surface area (Å²) in [6.07, 6.45) is -9.18. The van der Waals surface area contributed by atoms with Crippen LogP contribution in [-0.2, 0) is 18.8 Å². The van der Waals surface area contributed by atoms with Crippen molar-refractivity contribution in [3.8, 4) is 112 Å². The maximum atomic E-state index is 16.7. The molecule has 0 radical (unpaired) electrons. The summed E-state index contributed by atoms with van der Waals surface area (Å²) in [5.41, 5.74) is 27.4. The second kappa shape index (κ2) is 30.5. The molecule has 16 aromatic carbocycles. The number of aromatic nitrogens is 6. The average Bonchev–Trinajstić information content (AvgIpc) is 1.55. The molecular formula is C116H82F6N6. The maximum Gasteiger partial charge on any atom is 0.416 e. The molecule has 0 aliphatic carbocycles. The summed E-state index contributed by atoms with van der Waals surface area (Å²) in [4.78, 5) is 10.9. The molecule has 6 heterocycles. The van der Waals surface area contributed by atoms with E-state index < -0.39 is 23.5 Å². The normalized spacial score (nSPS) is 12.1. The van der Waals surface area contributed by atoms with E-state index in [2.05, 4.69) is 212 Å². The minimum absolute atomic E-state index is 0.291. The molecule has 0 saturated heterocycles. The molecule has 0 aliphatic rings. The van der Waals surface area contributed by atoms with Crippen LogP contribution >= 0.6 is 0 Å². The molecule has 0 saturated carbocycles. The third-order valence-corrected chi connectivity index (χ3v) is 25.4. The molecule has 6 nitrogen and oxygen atoms in total. The Labute approximate surface area is 735 Å². The standard InChI is InChI=1S/C116H82F6N6/c1-68-46-69(2)51-83(50-68)79-39-44-105-95(60-79)91-28-16-19-35-103(91)125(105)109-64-87(115(117,118)119)65-110(113(109)99-31-20-29-97(123-99)77-22-10-8-11-23-77)126-104-43-36-75(59-94(104)96-61-80(40-45-106(96)126)84-52-70(3)47-71(4)53-84)57-76-49-74(7)56-86(58-76)82-38-42-93-90-27-15-18-34-102(90)128(108(93)63-82)112-67-88(116(120,121)122)66-111(114(112)100-32-21-30-98(124-100)78-24-12-9-13-25-78)127-101-33-17-14-26-89(101)92-41-37-81(62-107(92)127)85-54-72(5)48-73(6)55-85/h8-56,58-67H,57H2,1-7H3. The van der Waals surface area contributed by atoms with Crippen molar-refractivity contribution >= 4 is 87.2 Å². The molecule has 0 aliphatic heterocycles. The second-order valence-electron chi connectivity index (χ2n) is 34.5. The number of rotatable bonds is 14. The number of para-hydroxylation sites is 3. The van der Waals surface area contributed by atoms with Crippen molar-refractivity contribution in [2.45, 2.75) is 67.2 Å². The number of pyridine rings is 2. The zero-order valence-corrected chi connectivity index (χ0v) is 71.2. The third kappa shape index (κ3) is 13.8. The maximum absolute atomic E-state index is 16.7. The SMILES string of the molecule is Cc1cc(C)cc(-c2ccc3c(c2)c2ccccc2n3-c2cc(C(F)(F)F)cc(-n3c4ccc(Cc5cc(C)cc(-c6ccc7c8ccccc8n(-c8cc(C(F)(F)F)cc(-n9c%10ccccc%10c%10ccc(-c%11cc(C)cc(C)c%11)cc%109)c8-c8cccc(-c9ccccc9)n8)c7c6)c5)cc4c4cc(-c5cc(C)cc(C)c5)ccc43)c2-c2cccc(-c3ccccc3)n2)c1. The third-order valence-electron chi connectivity index (χ3n) is 25.4. The Morgan fingerprint density at radius 3 is 0.898 bits per heavy atom. The molecule has 0 unspecified atom stereocenters. The number of halogens is 6. The zero-order valence-electron chi connectivity index (χ0n) is 71.2. The van der Waals surface area contributed by atoms with Gasteiger partial charge in [-0.3, -0.25) is 0 Å². The van der Waals surface area contributed by atoms with Gasteiger partial charge in [0, 0.05) is 65.3 Å². The molecule has 128 heavy (non-hydrogen) atoms. The predicted octanol–water partition coefficient (Wildman–Crippen LogP) is 32.0. The van der Waals surface area contributed by atoms with Crippen LogP contribution in [0.5, 0.6) is 0 Å². The summed E-state index contributed by atoms with van der Waals surface area (Å²) in [5, 5.41) is 6.92. The lowest BCUT2D eigenvalue weighted by Gasteiger charge is -2.22. The van der Waals surface area contributed by atoms with E-state index in [4.69, 9.17) is 9.97 Å². The van der Waals surface area contributed by atoms with Crippen LogP contribution in [-0.4, -0.2) is 28.2 Å². The van der Waals surface area contributed by atoms with Gasteiger partial charge < -0.3 is 18.3 Å². The van der Waals surface area contributed by atoms with E-state index in [1.807, 2.05) is 188 Å². The number of nitrogens with zero attached hydrogens (tertiary/aromatic N) is 6. The summed E-state index contributed by atoms with van der Waals surface area (Å²) in [7, 11) is 0. The number of hydrogen-bond acceptors (Lipinski definition) is 2. The van der Waals surface area contributed by atoms with E-state index in [0.717, 1.165) is 171 Å². The monoisotopic (exact) mass is 1670 g/mol. The summed E-state index contributed by atoms with van der Waals surface area (Å²) in [5.74, 6) is 0. The molecule has 22 rings (SSSR count). The molecule has 618 valence electrons. The first-order valence-electron chi connectivity index (χ1n) is 43.1. The van der Waals surface area contributed by atoms with Gasteiger partial charge in [0.05, 0.1) is 101 Å². The number of alkyl halides is 6. The van der Waals surface area contributed by atoms with Gasteiger partial charge in [-0.25, -0.2) is 9.97 Å². The van der Waals surface area contributed by atoms with E-state index in [-0.39, 0.29) is 0 Å². The first-order valence-corrected chi connectivity index (χ1v) is 43.1. The smallest absolute Gasteiger partial charge is 0.308 e. The van der Waals surface area contributed by atoms with Gasteiger partial charge in [0.25, 0.3) is 0 Å². The Morgan fingerprint density at radius 2 is 0.500 bits per heavy atom. The van der Waals surface area contributed by atoms with Crippen LogP contribution in [0.15, 0.2) is 358 Å². The van der Waals surface area contributed by atoms with Crippen molar-refractivity contribution < 1.29 is 26.3 Å². The van der Waals surface area contributed by atoms with Crippen LogP contribution in [0.1, 0.15) is 61.2 Å². The van der Waals surface area contributed by atoms with Crippen LogP contribution in [0.4, 0.5) is 26.3 Å². The van der Waals surface area contributed by atoms with Gasteiger partial charge in [-0.15, -0.1) is 0 Å². The van der Waals surface area contributed by atoms with Gasteiger partial charge in [-0.2, -0.15) is 26.3 Å². The first kappa shape index (κ1) is 78.6. The molecule has 0 N–H and O–H groups in total. The van der Waals surface area contributed by atoms with E-state index in [0.29, 0.717) is 85.1 Å². The highest BCUT2D eigenvalue weighted by Crippen LogP contribution is 2.51. The van der Waals surface area contributed by atoms with Crippen LogP contribution in [0.2, 0.25) is 0 Å². The lowest BCUT2D eigenvalue weighted by molar-refractivity contribution is -0.138. The molecule has 0 amide bonds. The topological polar surface area (TPSA) is 45.5 Å². The zero-order chi connectivity index (χ0) is 87.3. The summed E-state index contributed by atoms with van der Waals surface area (Å²) in [6.45, 7) is 14.6. The van der Waals surface area contributed by atoms with Gasteiger partial charge in [0.2, 0.25) is 0 Å². The van der Waals surface area contributed by atoms with E-state index >= 15 is 26.3 Å². The lowest BCUT2D eigenvalue weighted by atomic mass is 9.95. The van der Waals surface area contributed by atoms with Crippen molar-refractivity contribution in [1.29, 1.82) is 0 Å². The van der Waals surface area contributed by atoms with Crippen molar-refractivity contribution in [2.75, 3.05) is 0 Å². The van der Waals surface area contributed by atoms with Crippen molar-refractivity contribution in [3.63, 3.8) is 0 Å². The Bertz CT molecular complexity index is 8280. The van der Waals surface area contributed by atoms with Gasteiger partial charge in [-0.1, -0.05) is 282 Å². The summed E-state index contributed by atoms with van der Waals surface area (Å²) < 4.78 is 108. The fraction of sp³-hybridized carbons (Fsp3) is 0.0862. The van der Waals surface area contributed by atoms with E-state index in [1.54, 1.807) is 0 Å². The van der Waals surface area contributed by atoms with Crippen molar-refractivity contribution in [2.24, 2.45) is 0 Å². The quantitative estimate of drug-likeness (QED) is 0.102. The number of fused-ring (bicyclic) bond motifs is 12. The largest absolute Gasteiger partial charge is 0.416 e. The fourth-order valence-electron chi connectivity index (χ4n) is 20.1. The average molecular weight is 1670 g/mol. The lowest BCUT2D eigenvalue weighted by Crippen LogP contribution is -2.11. The van der Waals surface area contributed by atoms with E-state index in [1.165, 1.54) is 24.3 Å².